The summed E-state index contributed by atoms with van der Waals surface area (Å²) in [6, 6.07) is 0. The van der Waals surface area contributed by atoms with Crippen molar-refractivity contribution in [2.75, 3.05) is 14.2 Å². The van der Waals surface area contributed by atoms with E-state index in [4.69, 9.17) is 19.3 Å². The Morgan fingerprint density at radius 3 is 2.26 bits per heavy atom. The first kappa shape index (κ1) is 17.5. The number of carbonyl (C=O) groups is 3. The molecule has 7 heteroatoms. The lowest BCUT2D eigenvalue weighted by molar-refractivity contribution is -0.158. The fourth-order valence-corrected chi connectivity index (χ4v) is 3.66. The van der Waals surface area contributed by atoms with Gasteiger partial charge in [0.15, 0.2) is 0 Å². The molecular weight excluding hydrogens is 304 g/mol. The van der Waals surface area contributed by atoms with Gasteiger partial charge in [-0.05, 0) is 26.2 Å². The van der Waals surface area contributed by atoms with E-state index < -0.39 is 40.9 Å². The molecule has 23 heavy (non-hydrogen) atoms. The predicted octanol–water partition coefficient (Wildman–Crippen LogP) is 1.31. The SMILES string of the molecule is COC(=O)[C@@H]1[C@H](C(=O)OC)[C@@]2(C)C=C[C@]1(CCCCC(=O)O)O2. The van der Waals surface area contributed by atoms with Crippen LogP contribution in [0.2, 0.25) is 0 Å². The van der Waals surface area contributed by atoms with Gasteiger partial charge in [0.2, 0.25) is 0 Å². The molecule has 0 aromatic heterocycles. The maximum absolute atomic E-state index is 12.3. The van der Waals surface area contributed by atoms with Crippen LogP contribution in [0, 0.1) is 11.8 Å². The highest BCUT2D eigenvalue weighted by Gasteiger charge is 2.67. The smallest absolute Gasteiger partial charge is 0.312 e. The molecule has 0 aliphatic carbocycles. The summed E-state index contributed by atoms with van der Waals surface area (Å²) in [7, 11) is 2.54. The van der Waals surface area contributed by atoms with E-state index in [0.717, 1.165) is 0 Å². The number of hydrogen-bond acceptors (Lipinski definition) is 6. The summed E-state index contributed by atoms with van der Waals surface area (Å²) in [6.45, 7) is 1.74. The van der Waals surface area contributed by atoms with E-state index in [0.29, 0.717) is 19.3 Å². The second kappa shape index (κ2) is 6.31. The molecule has 0 saturated carbocycles. The molecule has 1 fully saturated rings. The van der Waals surface area contributed by atoms with Crippen LogP contribution in [-0.4, -0.2) is 48.4 Å². The molecular formula is C16H22O7. The van der Waals surface area contributed by atoms with Gasteiger partial charge in [-0.15, -0.1) is 0 Å². The van der Waals surface area contributed by atoms with Crippen molar-refractivity contribution >= 4 is 17.9 Å². The highest BCUT2D eigenvalue weighted by atomic mass is 16.6. The quantitative estimate of drug-likeness (QED) is 0.428. The summed E-state index contributed by atoms with van der Waals surface area (Å²) in [5.41, 5.74) is -1.86. The normalized spacial score (nSPS) is 34.4. The van der Waals surface area contributed by atoms with Crippen molar-refractivity contribution in [3.63, 3.8) is 0 Å². The first-order chi connectivity index (χ1) is 10.8. The van der Waals surface area contributed by atoms with E-state index in [9.17, 15) is 14.4 Å². The Hall–Kier alpha value is -1.89. The third-order valence-electron chi connectivity index (χ3n) is 4.70. The van der Waals surface area contributed by atoms with Crippen LogP contribution < -0.4 is 0 Å². The summed E-state index contributed by atoms with van der Waals surface area (Å²) in [5.74, 6) is -3.46. The fraction of sp³-hybridized carbons (Fsp3) is 0.688. The molecule has 0 aromatic carbocycles. The van der Waals surface area contributed by atoms with Crippen LogP contribution in [0.25, 0.3) is 0 Å². The summed E-state index contributed by atoms with van der Waals surface area (Å²) in [5, 5.41) is 8.72. The molecule has 2 bridgehead atoms. The molecule has 0 amide bonds. The van der Waals surface area contributed by atoms with Crippen molar-refractivity contribution < 1.29 is 33.7 Å². The maximum atomic E-state index is 12.3. The van der Waals surface area contributed by atoms with Crippen LogP contribution in [0.3, 0.4) is 0 Å². The number of carbonyl (C=O) groups excluding carboxylic acids is 2. The monoisotopic (exact) mass is 326 g/mol. The topological polar surface area (TPSA) is 99.1 Å². The average Bonchev–Trinajstić information content (AvgIpc) is 2.98. The molecule has 0 aromatic rings. The Labute approximate surface area is 134 Å². The number of carboxylic acids is 1. The molecule has 2 aliphatic rings. The van der Waals surface area contributed by atoms with Crippen molar-refractivity contribution in [3.8, 4) is 0 Å². The van der Waals surface area contributed by atoms with Gasteiger partial charge in [-0.2, -0.15) is 0 Å². The first-order valence-electron chi connectivity index (χ1n) is 7.57. The number of rotatable bonds is 7. The highest BCUT2D eigenvalue weighted by molar-refractivity contribution is 5.86. The number of carboxylic acid groups (broad SMARTS) is 1. The zero-order valence-corrected chi connectivity index (χ0v) is 13.5. The van der Waals surface area contributed by atoms with Gasteiger partial charge in [0, 0.05) is 6.42 Å². The van der Waals surface area contributed by atoms with Crippen LogP contribution >= 0.6 is 0 Å². The maximum Gasteiger partial charge on any atom is 0.312 e. The second-order valence-electron chi connectivity index (χ2n) is 6.18. The van der Waals surface area contributed by atoms with E-state index in [1.54, 1.807) is 19.1 Å². The lowest BCUT2D eigenvalue weighted by Crippen LogP contribution is -2.46. The third kappa shape index (κ3) is 2.97. The van der Waals surface area contributed by atoms with Gasteiger partial charge in [-0.1, -0.05) is 12.2 Å². The molecule has 0 unspecified atom stereocenters. The lowest BCUT2D eigenvalue weighted by atomic mass is 9.69. The van der Waals surface area contributed by atoms with Crippen molar-refractivity contribution in [2.24, 2.45) is 11.8 Å². The average molecular weight is 326 g/mol. The Balaban J connectivity index is 2.23. The van der Waals surface area contributed by atoms with Crippen molar-refractivity contribution in [1.82, 2.24) is 0 Å². The summed E-state index contributed by atoms with van der Waals surface area (Å²) in [4.78, 5) is 35.1. The third-order valence-corrected chi connectivity index (χ3v) is 4.70. The number of ether oxygens (including phenoxy) is 3. The van der Waals surface area contributed by atoms with Gasteiger partial charge in [0.05, 0.1) is 19.8 Å². The largest absolute Gasteiger partial charge is 0.481 e. The summed E-state index contributed by atoms with van der Waals surface area (Å²) < 4.78 is 15.8. The number of fused-ring (bicyclic) bond motifs is 2. The number of hydrogen-bond donors (Lipinski definition) is 1. The van der Waals surface area contributed by atoms with Gasteiger partial charge >= 0.3 is 17.9 Å². The first-order valence-corrected chi connectivity index (χ1v) is 7.57. The second-order valence-corrected chi connectivity index (χ2v) is 6.18. The Bertz CT molecular complexity index is 541. The number of unbranched alkanes of at least 4 members (excludes halogenated alkanes) is 1. The number of aliphatic carboxylic acids is 1. The molecule has 2 heterocycles. The molecule has 1 N–H and O–H groups in total. The summed E-state index contributed by atoms with van der Waals surface area (Å²) in [6.07, 6.45) is 5.12. The van der Waals surface area contributed by atoms with Crippen LogP contribution in [0.5, 0.6) is 0 Å². The van der Waals surface area contributed by atoms with Crippen LogP contribution in [0.15, 0.2) is 12.2 Å². The molecule has 7 nitrogen and oxygen atoms in total. The predicted molar refractivity (Wildman–Crippen MR) is 78.5 cm³/mol. The number of methoxy groups -OCH3 is 2. The van der Waals surface area contributed by atoms with Gasteiger partial charge in [-0.3, -0.25) is 14.4 Å². The molecule has 0 radical (unpaired) electrons. The molecule has 128 valence electrons. The van der Waals surface area contributed by atoms with Crippen molar-refractivity contribution in [1.29, 1.82) is 0 Å². The van der Waals surface area contributed by atoms with Gasteiger partial charge in [0.1, 0.15) is 17.4 Å². The Kier molecular flexibility index (Phi) is 4.79. The van der Waals surface area contributed by atoms with Crippen LogP contribution in [-0.2, 0) is 28.6 Å². The summed E-state index contributed by atoms with van der Waals surface area (Å²) >= 11 is 0. The minimum absolute atomic E-state index is 0.0559. The van der Waals surface area contributed by atoms with Crippen molar-refractivity contribution in [2.45, 2.75) is 43.8 Å². The molecule has 2 aliphatic heterocycles. The fourth-order valence-electron chi connectivity index (χ4n) is 3.66. The molecule has 2 rings (SSSR count). The molecule has 0 spiro atoms. The van der Waals surface area contributed by atoms with Gasteiger partial charge in [-0.25, -0.2) is 0 Å². The van der Waals surface area contributed by atoms with E-state index in [1.807, 2.05) is 0 Å². The minimum atomic E-state index is -0.945. The van der Waals surface area contributed by atoms with E-state index in [1.165, 1.54) is 14.2 Å². The van der Waals surface area contributed by atoms with Crippen LogP contribution in [0.4, 0.5) is 0 Å². The van der Waals surface area contributed by atoms with Gasteiger partial charge < -0.3 is 19.3 Å². The number of esters is 2. The molecule has 4 atom stereocenters. The minimum Gasteiger partial charge on any atom is -0.481 e. The van der Waals surface area contributed by atoms with E-state index in [-0.39, 0.29) is 6.42 Å². The van der Waals surface area contributed by atoms with Gasteiger partial charge in [0.25, 0.3) is 0 Å². The van der Waals surface area contributed by atoms with E-state index in [2.05, 4.69) is 0 Å². The Morgan fingerprint density at radius 2 is 1.70 bits per heavy atom. The molecule has 1 saturated heterocycles. The highest BCUT2D eigenvalue weighted by Crippen LogP contribution is 2.56. The van der Waals surface area contributed by atoms with Crippen molar-refractivity contribution in [3.05, 3.63) is 12.2 Å². The standard InChI is InChI=1S/C16H22O7/c1-15-8-9-16(23-15,7-5-4-6-10(17)18)12(14(20)22-3)11(15)13(19)21-2/h8-9,11-12H,4-7H2,1-3H3,(H,17,18)/t11-,12+,15-,16+/m1/s1. The van der Waals surface area contributed by atoms with E-state index >= 15 is 0 Å². The zero-order chi connectivity index (χ0) is 17.3. The van der Waals surface area contributed by atoms with Crippen LogP contribution in [0.1, 0.15) is 32.6 Å². The Morgan fingerprint density at radius 1 is 1.09 bits per heavy atom. The zero-order valence-electron chi connectivity index (χ0n) is 13.5. The lowest BCUT2D eigenvalue weighted by Gasteiger charge is -2.31.